The standard InChI is InChI=1S/C11H14N4O2S/c1-3-17-9(16)7-18-11-10-13-4-5-15(10)6-8(12-2)14-11/h4-6,12H,3,7H2,1-2H3. The van der Waals surface area contributed by atoms with Gasteiger partial charge >= 0.3 is 5.97 Å². The first kappa shape index (κ1) is 12.7. The Balaban J connectivity index is 2.20. The summed E-state index contributed by atoms with van der Waals surface area (Å²) in [6.45, 7) is 2.18. The molecule has 2 rings (SSSR count). The smallest absolute Gasteiger partial charge is 0.316 e. The van der Waals surface area contributed by atoms with Crippen LogP contribution in [0.3, 0.4) is 0 Å². The van der Waals surface area contributed by atoms with Gasteiger partial charge in [-0.25, -0.2) is 9.97 Å². The van der Waals surface area contributed by atoms with Crippen molar-refractivity contribution in [1.29, 1.82) is 0 Å². The fourth-order valence-corrected chi connectivity index (χ4v) is 2.24. The largest absolute Gasteiger partial charge is 0.465 e. The highest BCUT2D eigenvalue weighted by Crippen LogP contribution is 2.22. The molecule has 0 fully saturated rings. The van der Waals surface area contributed by atoms with Crippen molar-refractivity contribution in [3.8, 4) is 0 Å². The number of imidazole rings is 1. The quantitative estimate of drug-likeness (QED) is 0.652. The molecule has 0 aliphatic rings. The average molecular weight is 266 g/mol. The molecule has 6 nitrogen and oxygen atoms in total. The summed E-state index contributed by atoms with van der Waals surface area (Å²) in [4.78, 5) is 19.9. The molecule has 0 aromatic carbocycles. The second kappa shape index (κ2) is 5.72. The first-order valence-electron chi connectivity index (χ1n) is 5.54. The Morgan fingerprint density at radius 1 is 1.61 bits per heavy atom. The van der Waals surface area contributed by atoms with Gasteiger partial charge in [0.2, 0.25) is 0 Å². The SMILES string of the molecule is CCOC(=O)CSc1nc(NC)cn2ccnc12. The van der Waals surface area contributed by atoms with Crippen LogP contribution in [0.15, 0.2) is 23.6 Å². The minimum atomic E-state index is -0.246. The number of carbonyl (C=O) groups excluding carboxylic acids is 1. The summed E-state index contributed by atoms with van der Waals surface area (Å²) in [5.74, 6) is 0.715. The number of thioether (sulfide) groups is 1. The van der Waals surface area contributed by atoms with Gasteiger partial charge in [0.05, 0.1) is 18.6 Å². The van der Waals surface area contributed by atoms with Crippen LogP contribution in [0.4, 0.5) is 5.82 Å². The molecule has 96 valence electrons. The summed E-state index contributed by atoms with van der Waals surface area (Å²) in [6.07, 6.45) is 5.38. The van der Waals surface area contributed by atoms with Gasteiger partial charge in [0.1, 0.15) is 10.8 Å². The number of carbonyl (C=O) groups is 1. The molecule has 18 heavy (non-hydrogen) atoms. The van der Waals surface area contributed by atoms with Crippen LogP contribution in [0, 0.1) is 0 Å². The number of esters is 1. The average Bonchev–Trinajstić information content (AvgIpc) is 2.84. The predicted octanol–water partition coefficient (Wildman–Crippen LogP) is 1.43. The van der Waals surface area contributed by atoms with Crippen LogP contribution in [0.1, 0.15) is 6.92 Å². The van der Waals surface area contributed by atoms with Crippen molar-refractivity contribution in [2.45, 2.75) is 11.9 Å². The van der Waals surface area contributed by atoms with Gasteiger partial charge in [-0.15, -0.1) is 0 Å². The number of hydrogen-bond acceptors (Lipinski definition) is 6. The van der Waals surface area contributed by atoms with Crippen molar-refractivity contribution in [3.63, 3.8) is 0 Å². The van der Waals surface area contributed by atoms with Crippen LogP contribution >= 0.6 is 11.8 Å². The maximum atomic E-state index is 11.3. The van der Waals surface area contributed by atoms with E-state index in [1.807, 2.05) is 16.8 Å². The van der Waals surface area contributed by atoms with E-state index < -0.39 is 0 Å². The predicted molar refractivity (Wildman–Crippen MR) is 69.9 cm³/mol. The lowest BCUT2D eigenvalue weighted by Crippen LogP contribution is -2.07. The molecule has 0 unspecified atom stereocenters. The zero-order chi connectivity index (χ0) is 13.0. The molecule has 0 atom stereocenters. The van der Waals surface area contributed by atoms with Gasteiger partial charge in [0.25, 0.3) is 0 Å². The molecule has 7 heteroatoms. The molecule has 0 radical (unpaired) electrons. The minimum Gasteiger partial charge on any atom is -0.465 e. The zero-order valence-corrected chi connectivity index (χ0v) is 11.0. The van der Waals surface area contributed by atoms with Crippen molar-refractivity contribution in [2.24, 2.45) is 0 Å². The maximum absolute atomic E-state index is 11.3. The molecule has 0 bridgehead atoms. The third-order valence-corrected chi connectivity index (χ3v) is 3.16. The lowest BCUT2D eigenvalue weighted by molar-refractivity contribution is -0.139. The number of aromatic nitrogens is 3. The summed E-state index contributed by atoms with van der Waals surface area (Å²) in [6, 6.07) is 0. The summed E-state index contributed by atoms with van der Waals surface area (Å²) < 4.78 is 6.75. The number of hydrogen-bond donors (Lipinski definition) is 1. The molecule has 2 aromatic heterocycles. The van der Waals surface area contributed by atoms with E-state index in [4.69, 9.17) is 4.74 Å². The van der Waals surface area contributed by atoms with E-state index in [0.717, 1.165) is 11.5 Å². The van der Waals surface area contributed by atoms with Crippen LogP contribution in [-0.4, -0.2) is 39.7 Å². The Morgan fingerprint density at radius 2 is 2.44 bits per heavy atom. The number of rotatable bonds is 5. The van der Waals surface area contributed by atoms with Gasteiger partial charge in [0.15, 0.2) is 5.65 Å². The summed E-state index contributed by atoms with van der Waals surface area (Å²) in [7, 11) is 1.80. The molecule has 2 aromatic rings. The minimum absolute atomic E-state index is 0.233. The summed E-state index contributed by atoms with van der Waals surface area (Å²) in [5.41, 5.74) is 0.739. The molecule has 0 amide bonds. The van der Waals surface area contributed by atoms with Crippen LogP contribution < -0.4 is 5.32 Å². The van der Waals surface area contributed by atoms with E-state index in [0.29, 0.717) is 11.6 Å². The number of anilines is 1. The van der Waals surface area contributed by atoms with Crippen molar-refractivity contribution in [1.82, 2.24) is 14.4 Å². The third kappa shape index (κ3) is 2.73. The first-order valence-corrected chi connectivity index (χ1v) is 6.53. The summed E-state index contributed by atoms with van der Waals surface area (Å²) >= 11 is 1.32. The molecular formula is C11H14N4O2S. The summed E-state index contributed by atoms with van der Waals surface area (Å²) in [5, 5.41) is 3.68. The van der Waals surface area contributed by atoms with E-state index in [1.165, 1.54) is 11.8 Å². The molecule has 0 aliphatic carbocycles. The molecule has 0 aliphatic heterocycles. The fraction of sp³-hybridized carbons (Fsp3) is 0.364. The molecule has 0 spiro atoms. The highest BCUT2D eigenvalue weighted by Gasteiger charge is 2.10. The molecule has 1 N–H and O–H groups in total. The Kier molecular flexibility index (Phi) is 4.03. The number of ether oxygens (including phenoxy) is 1. The Labute approximate surface area is 109 Å². The zero-order valence-electron chi connectivity index (χ0n) is 10.2. The van der Waals surface area contributed by atoms with Crippen LogP contribution in [0.2, 0.25) is 0 Å². The van der Waals surface area contributed by atoms with Gasteiger partial charge in [-0.3, -0.25) is 4.79 Å². The molecule has 2 heterocycles. The third-order valence-electron chi connectivity index (χ3n) is 2.23. The van der Waals surface area contributed by atoms with E-state index in [-0.39, 0.29) is 11.7 Å². The first-order chi connectivity index (χ1) is 8.74. The van der Waals surface area contributed by atoms with Crippen molar-refractivity contribution in [3.05, 3.63) is 18.6 Å². The van der Waals surface area contributed by atoms with Gasteiger partial charge in [-0.05, 0) is 6.92 Å². The van der Waals surface area contributed by atoms with Gasteiger partial charge in [-0.1, -0.05) is 11.8 Å². The Hall–Kier alpha value is -1.76. The monoisotopic (exact) mass is 266 g/mol. The van der Waals surface area contributed by atoms with E-state index in [9.17, 15) is 4.79 Å². The highest BCUT2D eigenvalue weighted by atomic mass is 32.2. The Morgan fingerprint density at radius 3 is 3.17 bits per heavy atom. The van der Waals surface area contributed by atoms with Crippen LogP contribution in [0.5, 0.6) is 0 Å². The number of nitrogens with one attached hydrogen (secondary N) is 1. The van der Waals surface area contributed by atoms with Crippen molar-refractivity contribution >= 4 is 29.2 Å². The van der Waals surface area contributed by atoms with Crippen LogP contribution in [0.25, 0.3) is 5.65 Å². The topological polar surface area (TPSA) is 68.5 Å². The normalized spacial score (nSPS) is 10.6. The van der Waals surface area contributed by atoms with E-state index >= 15 is 0 Å². The second-order valence-electron chi connectivity index (χ2n) is 3.43. The van der Waals surface area contributed by atoms with Gasteiger partial charge in [-0.2, -0.15) is 0 Å². The van der Waals surface area contributed by atoms with Crippen molar-refractivity contribution < 1.29 is 9.53 Å². The number of fused-ring (bicyclic) bond motifs is 1. The Bertz CT molecular complexity index is 555. The highest BCUT2D eigenvalue weighted by molar-refractivity contribution is 8.00. The van der Waals surface area contributed by atoms with Gasteiger partial charge in [0, 0.05) is 19.4 Å². The second-order valence-corrected chi connectivity index (χ2v) is 4.40. The van der Waals surface area contributed by atoms with Crippen molar-refractivity contribution in [2.75, 3.05) is 24.7 Å². The fourth-order valence-electron chi connectivity index (χ4n) is 1.45. The van der Waals surface area contributed by atoms with Crippen LogP contribution in [-0.2, 0) is 9.53 Å². The van der Waals surface area contributed by atoms with E-state index in [2.05, 4.69) is 15.3 Å². The lowest BCUT2D eigenvalue weighted by atomic mass is 10.6. The van der Waals surface area contributed by atoms with E-state index in [1.54, 1.807) is 20.2 Å². The lowest BCUT2D eigenvalue weighted by Gasteiger charge is -2.06. The molecular weight excluding hydrogens is 252 g/mol. The molecule has 0 saturated carbocycles. The molecule has 0 saturated heterocycles. The van der Waals surface area contributed by atoms with Gasteiger partial charge < -0.3 is 14.5 Å². The number of nitrogens with zero attached hydrogens (tertiary/aromatic N) is 3. The maximum Gasteiger partial charge on any atom is 0.316 e.